The first-order chi connectivity index (χ1) is 11.2. The molecule has 5 heteroatoms. The number of benzene rings is 2. The molecule has 0 unspecified atom stereocenters. The Hall–Kier alpha value is -2.95. The third kappa shape index (κ3) is 4.51. The lowest BCUT2D eigenvalue weighted by Crippen LogP contribution is -2.08. The van der Waals surface area contributed by atoms with E-state index in [1.807, 2.05) is 24.3 Å². The zero-order valence-corrected chi connectivity index (χ0v) is 13.3. The lowest BCUT2D eigenvalue weighted by molar-refractivity contribution is -0.111. The maximum absolute atomic E-state index is 12.0. The van der Waals surface area contributed by atoms with Crippen molar-refractivity contribution in [1.82, 2.24) is 0 Å². The lowest BCUT2D eigenvalue weighted by Gasteiger charge is -2.10. The minimum absolute atomic E-state index is 0.246. The van der Waals surface area contributed by atoms with Crippen LogP contribution in [0.2, 0.25) is 0 Å². The monoisotopic (exact) mass is 313 g/mol. The molecule has 1 amide bonds. The number of amides is 1. The highest BCUT2D eigenvalue weighted by Gasteiger charge is 2.07. The Bertz CT molecular complexity index is 693. The van der Waals surface area contributed by atoms with Gasteiger partial charge in [-0.15, -0.1) is 0 Å². The quantitative estimate of drug-likeness (QED) is 0.831. The fourth-order valence-electron chi connectivity index (χ4n) is 1.96. The van der Waals surface area contributed by atoms with Crippen molar-refractivity contribution < 1.29 is 19.0 Å². The topological polar surface area (TPSA) is 56.8 Å². The Morgan fingerprint density at radius 3 is 2.17 bits per heavy atom. The number of carbonyl (C=O) groups excluding carboxylic acids is 1. The molecule has 2 aromatic rings. The molecule has 0 aliphatic heterocycles. The van der Waals surface area contributed by atoms with E-state index >= 15 is 0 Å². The molecule has 0 bridgehead atoms. The van der Waals surface area contributed by atoms with Gasteiger partial charge < -0.3 is 19.5 Å². The summed E-state index contributed by atoms with van der Waals surface area (Å²) in [5, 5.41) is 2.77. The summed E-state index contributed by atoms with van der Waals surface area (Å²) in [5.41, 5.74) is 1.49. The van der Waals surface area contributed by atoms with E-state index in [4.69, 9.17) is 14.2 Å². The lowest BCUT2D eigenvalue weighted by atomic mass is 10.2. The van der Waals surface area contributed by atoms with E-state index in [2.05, 4.69) is 5.32 Å². The van der Waals surface area contributed by atoms with E-state index in [1.165, 1.54) is 13.2 Å². The summed E-state index contributed by atoms with van der Waals surface area (Å²) >= 11 is 0. The van der Waals surface area contributed by atoms with Gasteiger partial charge in [-0.3, -0.25) is 4.79 Å². The molecule has 2 rings (SSSR count). The predicted molar refractivity (Wildman–Crippen MR) is 90.2 cm³/mol. The fraction of sp³-hybridized carbons (Fsp3) is 0.167. The highest BCUT2D eigenvalue weighted by Crippen LogP contribution is 2.29. The molecule has 0 aliphatic rings. The largest absolute Gasteiger partial charge is 0.497 e. The maximum Gasteiger partial charge on any atom is 0.248 e. The van der Waals surface area contributed by atoms with Gasteiger partial charge in [0.1, 0.15) is 17.2 Å². The van der Waals surface area contributed by atoms with Gasteiger partial charge in [0.15, 0.2) is 0 Å². The minimum atomic E-state index is -0.246. The number of methoxy groups -OCH3 is 3. The molecule has 0 atom stereocenters. The molecule has 0 radical (unpaired) electrons. The molecule has 0 spiro atoms. The zero-order valence-electron chi connectivity index (χ0n) is 13.3. The van der Waals surface area contributed by atoms with Crippen LogP contribution in [-0.4, -0.2) is 27.2 Å². The van der Waals surface area contributed by atoms with Gasteiger partial charge in [-0.05, 0) is 35.9 Å². The van der Waals surface area contributed by atoms with Gasteiger partial charge in [0, 0.05) is 12.1 Å². The number of anilines is 1. The van der Waals surface area contributed by atoms with Crippen LogP contribution in [0.15, 0.2) is 48.5 Å². The summed E-state index contributed by atoms with van der Waals surface area (Å²) in [6.45, 7) is 0. The van der Waals surface area contributed by atoms with Crippen molar-refractivity contribution in [3.63, 3.8) is 0 Å². The Balaban J connectivity index is 2.05. The predicted octanol–water partition coefficient (Wildman–Crippen LogP) is 3.36. The van der Waals surface area contributed by atoms with E-state index < -0.39 is 0 Å². The highest BCUT2D eigenvalue weighted by molar-refractivity contribution is 6.02. The SMILES string of the molecule is COc1ccc(/C=C/C(=O)Nc2ccc(OC)cc2OC)cc1. The number of rotatable bonds is 6. The van der Waals surface area contributed by atoms with Crippen LogP contribution in [0.5, 0.6) is 17.2 Å². The number of carbonyl (C=O) groups is 1. The Morgan fingerprint density at radius 2 is 1.57 bits per heavy atom. The first-order valence-corrected chi connectivity index (χ1v) is 7.01. The average molecular weight is 313 g/mol. The molecule has 5 nitrogen and oxygen atoms in total. The van der Waals surface area contributed by atoms with Crippen LogP contribution in [0.1, 0.15) is 5.56 Å². The molecule has 23 heavy (non-hydrogen) atoms. The summed E-state index contributed by atoms with van der Waals surface area (Å²) in [5.74, 6) is 1.73. The molecule has 0 saturated heterocycles. The van der Waals surface area contributed by atoms with Crippen molar-refractivity contribution in [2.24, 2.45) is 0 Å². The van der Waals surface area contributed by atoms with Crippen LogP contribution in [0, 0.1) is 0 Å². The van der Waals surface area contributed by atoms with Crippen molar-refractivity contribution in [3.05, 3.63) is 54.1 Å². The first-order valence-electron chi connectivity index (χ1n) is 7.01. The van der Waals surface area contributed by atoms with Crippen LogP contribution in [0.3, 0.4) is 0 Å². The molecule has 0 aliphatic carbocycles. The standard InChI is InChI=1S/C18H19NO4/c1-21-14-7-4-13(5-8-14)6-11-18(20)19-16-10-9-15(22-2)12-17(16)23-3/h4-12H,1-3H3,(H,19,20)/b11-6+. The summed E-state index contributed by atoms with van der Waals surface area (Å²) in [4.78, 5) is 12.0. The number of hydrogen-bond donors (Lipinski definition) is 1. The Labute approximate surface area is 135 Å². The second-order valence-electron chi connectivity index (χ2n) is 4.66. The average Bonchev–Trinajstić information content (AvgIpc) is 2.60. The van der Waals surface area contributed by atoms with E-state index in [1.54, 1.807) is 38.5 Å². The second-order valence-corrected chi connectivity index (χ2v) is 4.66. The van der Waals surface area contributed by atoms with Crippen molar-refractivity contribution in [2.45, 2.75) is 0 Å². The van der Waals surface area contributed by atoms with Gasteiger partial charge in [-0.2, -0.15) is 0 Å². The smallest absolute Gasteiger partial charge is 0.248 e. The van der Waals surface area contributed by atoms with Crippen molar-refractivity contribution >= 4 is 17.7 Å². The van der Waals surface area contributed by atoms with Gasteiger partial charge in [0.25, 0.3) is 0 Å². The number of hydrogen-bond acceptors (Lipinski definition) is 4. The Kier molecular flexibility index (Phi) is 5.63. The van der Waals surface area contributed by atoms with Crippen LogP contribution < -0.4 is 19.5 Å². The third-order valence-corrected chi connectivity index (χ3v) is 3.21. The molecular formula is C18H19NO4. The van der Waals surface area contributed by atoms with E-state index in [0.717, 1.165) is 11.3 Å². The molecule has 0 saturated carbocycles. The van der Waals surface area contributed by atoms with Gasteiger partial charge in [0.05, 0.1) is 27.0 Å². The van der Waals surface area contributed by atoms with Crippen molar-refractivity contribution in [3.8, 4) is 17.2 Å². The van der Waals surface area contributed by atoms with Gasteiger partial charge in [0.2, 0.25) is 5.91 Å². The second kappa shape index (κ2) is 7.89. The fourth-order valence-corrected chi connectivity index (χ4v) is 1.96. The first kappa shape index (κ1) is 16.4. The zero-order chi connectivity index (χ0) is 16.7. The van der Waals surface area contributed by atoms with Crippen LogP contribution in [-0.2, 0) is 4.79 Å². The van der Waals surface area contributed by atoms with Gasteiger partial charge in [-0.1, -0.05) is 12.1 Å². The van der Waals surface area contributed by atoms with Crippen LogP contribution in [0.4, 0.5) is 5.69 Å². The molecule has 1 N–H and O–H groups in total. The molecule has 0 heterocycles. The van der Waals surface area contributed by atoms with Gasteiger partial charge >= 0.3 is 0 Å². The summed E-state index contributed by atoms with van der Waals surface area (Å²) in [6, 6.07) is 12.6. The van der Waals surface area contributed by atoms with E-state index in [-0.39, 0.29) is 5.91 Å². The van der Waals surface area contributed by atoms with Gasteiger partial charge in [-0.25, -0.2) is 0 Å². The molecular weight excluding hydrogens is 294 g/mol. The molecule has 0 aromatic heterocycles. The highest BCUT2D eigenvalue weighted by atomic mass is 16.5. The summed E-state index contributed by atoms with van der Waals surface area (Å²) in [6.07, 6.45) is 3.19. The van der Waals surface area contributed by atoms with Crippen molar-refractivity contribution in [1.29, 1.82) is 0 Å². The normalized spacial score (nSPS) is 10.4. The maximum atomic E-state index is 12.0. The third-order valence-electron chi connectivity index (χ3n) is 3.21. The summed E-state index contributed by atoms with van der Waals surface area (Å²) in [7, 11) is 4.72. The summed E-state index contributed by atoms with van der Waals surface area (Å²) < 4.78 is 15.5. The van der Waals surface area contributed by atoms with E-state index in [0.29, 0.717) is 17.2 Å². The van der Waals surface area contributed by atoms with E-state index in [9.17, 15) is 4.79 Å². The Morgan fingerprint density at radius 1 is 0.913 bits per heavy atom. The van der Waals surface area contributed by atoms with Crippen molar-refractivity contribution in [2.75, 3.05) is 26.6 Å². The molecule has 120 valence electrons. The van der Waals surface area contributed by atoms with Crippen LogP contribution in [0.25, 0.3) is 6.08 Å². The molecule has 0 fully saturated rings. The number of nitrogens with one attached hydrogen (secondary N) is 1. The van der Waals surface area contributed by atoms with Crippen LogP contribution >= 0.6 is 0 Å². The minimum Gasteiger partial charge on any atom is -0.497 e. The number of ether oxygens (including phenoxy) is 3. The molecule has 2 aromatic carbocycles.